The van der Waals surface area contributed by atoms with E-state index in [-0.39, 0.29) is 9.79 Å². The topological polar surface area (TPSA) is 71.9 Å². The van der Waals surface area contributed by atoms with Crippen LogP contribution < -0.4 is 5.56 Å². The minimum Gasteiger partial charge on any atom is -0.299 e. The number of aromatic amines is 1. The van der Waals surface area contributed by atoms with Crippen molar-refractivity contribution in [3.8, 4) is 0 Å². The first kappa shape index (κ1) is 11.7. The van der Waals surface area contributed by atoms with Crippen molar-refractivity contribution in [3.05, 3.63) is 46.4 Å². The van der Waals surface area contributed by atoms with Crippen LogP contribution in [0.3, 0.4) is 0 Å². The van der Waals surface area contributed by atoms with Crippen LogP contribution in [0.4, 0.5) is 0 Å². The molecular formula is C11H12N2O3S. The molecule has 2 aromatic rings. The molecule has 0 aliphatic carbocycles. The average Bonchev–Trinajstić information content (AvgIpc) is 2.54. The van der Waals surface area contributed by atoms with Crippen molar-refractivity contribution in [1.82, 2.24) is 9.78 Å². The molecule has 17 heavy (non-hydrogen) atoms. The molecule has 0 bridgehead atoms. The molecule has 0 spiro atoms. The van der Waals surface area contributed by atoms with Gasteiger partial charge in [-0.3, -0.25) is 14.6 Å². The Hall–Kier alpha value is -1.82. The number of rotatable bonds is 2. The summed E-state index contributed by atoms with van der Waals surface area (Å²) in [5.74, 6) is 0. The summed E-state index contributed by atoms with van der Waals surface area (Å²) in [6.07, 6.45) is 0. The van der Waals surface area contributed by atoms with Crippen LogP contribution in [0.15, 0.2) is 44.9 Å². The summed E-state index contributed by atoms with van der Waals surface area (Å²) in [4.78, 5) is 11.7. The molecule has 1 heterocycles. The van der Waals surface area contributed by atoms with Crippen LogP contribution in [0.5, 0.6) is 0 Å². The molecule has 5 nitrogen and oxygen atoms in total. The second-order valence-corrected chi connectivity index (χ2v) is 5.63. The Balaban J connectivity index is 2.74. The molecular weight excluding hydrogens is 240 g/mol. The minimum atomic E-state index is -3.74. The van der Waals surface area contributed by atoms with E-state index >= 15 is 0 Å². The number of H-pyrrole nitrogens is 1. The van der Waals surface area contributed by atoms with Gasteiger partial charge in [-0.15, -0.1) is 0 Å². The molecule has 0 radical (unpaired) electrons. The van der Waals surface area contributed by atoms with Crippen LogP contribution >= 0.6 is 0 Å². The summed E-state index contributed by atoms with van der Waals surface area (Å²) in [6, 6.07) is 7.92. The number of sulfone groups is 1. The highest BCUT2D eigenvalue weighted by Gasteiger charge is 2.25. The lowest BCUT2D eigenvalue weighted by Crippen LogP contribution is -2.19. The molecule has 0 aliphatic rings. The molecule has 1 N–H and O–H groups in total. The number of hydrogen-bond acceptors (Lipinski definition) is 3. The van der Waals surface area contributed by atoms with Crippen molar-refractivity contribution in [2.75, 3.05) is 0 Å². The van der Waals surface area contributed by atoms with E-state index in [1.165, 1.54) is 19.2 Å². The molecule has 0 saturated carbocycles. The van der Waals surface area contributed by atoms with Crippen LogP contribution in [0.2, 0.25) is 0 Å². The van der Waals surface area contributed by atoms with E-state index in [0.717, 1.165) is 4.68 Å². The first-order valence-corrected chi connectivity index (χ1v) is 6.48. The van der Waals surface area contributed by atoms with Gasteiger partial charge in [-0.2, -0.15) is 0 Å². The molecule has 90 valence electrons. The molecule has 0 aliphatic heterocycles. The Kier molecular flexibility index (Phi) is 2.66. The summed E-state index contributed by atoms with van der Waals surface area (Å²) >= 11 is 0. The highest BCUT2D eigenvalue weighted by Crippen LogP contribution is 2.19. The number of nitrogens with one attached hydrogen (secondary N) is 1. The quantitative estimate of drug-likeness (QED) is 0.861. The maximum atomic E-state index is 12.3. The number of aryl methyl sites for hydroxylation is 2. The first-order valence-electron chi connectivity index (χ1n) is 5.00. The molecule has 0 unspecified atom stereocenters. The predicted molar refractivity (Wildman–Crippen MR) is 62.7 cm³/mol. The van der Waals surface area contributed by atoms with Gasteiger partial charge >= 0.3 is 0 Å². The standard InChI is InChI=1S/C11H12N2O3S/c1-8-10(11(14)13(2)12-8)17(15,16)9-6-4-3-5-7-9/h3-7,12H,1-2H3. The van der Waals surface area contributed by atoms with Crippen molar-refractivity contribution >= 4 is 9.84 Å². The Morgan fingerprint density at radius 3 is 2.24 bits per heavy atom. The Bertz CT molecular complexity index is 696. The van der Waals surface area contributed by atoms with E-state index in [9.17, 15) is 13.2 Å². The van der Waals surface area contributed by atoms with E-state index in [2.05, 4.69) is 5.10 Å². The fourth-order valence-corrected chi connectivity index (χ4v) is 3.27. The molecule has 2 rings (SSSR count). The lowest BCUT2D eigenvalue weighted by atomic mass is 10.4. The van der Waals surface area contributed by atoms with Gasteiger partial charge < -0.3 is 0 Å². The smallest absolute Gasteiger partial charge is 0.285 e. The van der Waals surface area contributed by atoms with Gasteiger partial charge in [0.05, 0.1) is 10.6 Å². The van der Waals surface area contributed by atoms with Crippen molar-refractivity contribution in [1.29, 1.82) is 0 Å². The molecule has 6 heteroatoms. The third kappa shape index (κ3) is 1.80. The zero-order valence-corrected chi connectivity index (χ0v) is 10.3. The monoisotopic (exact) mass is 252 g/mol. The third-order valence-corrected chi connectivity index (χ3v) is 4.41. The van der Waals surface area contributed by atoms with Gasteiger partial charge in [0.1, 0.15) is 0 Å². The maximum absolute atomic E-state index is 12.3. The average molecular weight is 252 g/mol. The molecule has 0 saturated heterocycles. The summed E-state index contributed by atoms with van der Waals surface area (Å²) < 4.78 is 25.7. The second kappa shape index (κ2) is 3.89. The van der Waals surface area contributed by atoms with Crippen molar-refractivity contribution in [3.63, 3.8) is 0 Å². The van der Waals surface area contributed by atoms with Gasteiger partial charge in [0, 0.05) is 7.05 Å². The minimum absolute atomic E-state index is 0.125. The van der Waals surface area contributed by atoms with Crippen LogP contribution in [0.1, 0.15) is 5.69 Å². The SMILES string of the molecule is Cc1[nH]n(C)c(=O)c1S(=O)(=O)c1ccccc1. The van der Waals surface area contributed by atoms with Crippen LogP contribution in [0, 0.1) is 6.92 Å². The van der Waals surface area contributed by atoms with E-state index in [1.54, 1.807) is 25.1 Å². The van der Waals surface area contributed by atoms with Gasteiger partial charge in [0.2, 0.25) is 9.84 Å². The van der Waals surface area contributed by atoms with Crippen LogP contribution in [-0.4, -0.2) is 18.2 Å². The highest BCUT2D eigenvalue weighted by atomic mass is 32.2. The van der Waals surface area contributed by atoms with Gasteiger partial charge in [0.15, 0.2) is 4.90 Å². The van der Waals surface area contributed by atoms with Gasteiger partial charge in [0.25, 0.3) is 5.56 Å². The van der Waals surface area contributed by atoms with Gasteiger partial charge in [-0.05, 0) is 19.1 Å². The zero-order valence-electron chi connectivity index (χ0n) is 9.47. The predicted octanol–water partition coefficient (Wildman–Crippen LogP) is 0.855. The van der Waals surface area contributed by atoms with Gasteiger partial charge in [-0.25, -0.2) is 8.42 Å². The lowest BCUT2D eigenvalue weighted by Gasteiger charge is -2.01. The highest BCUT2D eigenvalue weighted by molar-refractivity contribution is 7.91. The van der Waals surface area contributed by atoms with Crippen LogP contribution in [0.25, 0.3) is 0 Å². The zero-order chi connectivity index (χ0) is 12.6. The molecule has 0 fully saturated rings. The Morgan fingerprint density at radius 2 is 1.76 bits per heavy atom. The summed E-state index contributed by atoms with van der Waals surface area (Å²) in [7, 11) is -2.26. The fraction of sp³-hybridized carbons (Fsp3) is 0.182. The van der Waals surface area contributed by atoms with Crippen molar-refractivity contribution in [2.45, 2.75) is 16.7 Å². The Morgan fingerprint density at radius 1 is 1.18 bits per heavy atom. The van der Waals surface area contributed by atoms with E-state index in [1.807, 2.05) is 0 Å². The maximum Gasteiger partial charge on any atom is 0.285 e. The second-order valence-electron chi connectivity index (χ2n) is 3.75. The first-order chi connectivity index (χ1) is 7.94. The lowest BCUT2D eigenvalue weighted by molar-refractivity contribution is 0.594. The fourth-order valence-electron chi connectivity index (χ4n) is 1.70. The summed E-state index contributed by atoms with van der Waals surface area (Å²) in [6.45, 7) is 1.57. The van der Waals surface area contributed by atoms with E-state index in [4.69, 9.17) is 0 Å². The number of benzene rings is 1. The molecule has 1 aromatic heterocycles. The third-order valence-electron chi connectivity index (χ3n) is 2.50. The van der Waals surface area contributed by atoms with Crippen molar-refractivity contribution < 1.29 is 8.42 Å². The summed E-state index contributed by atoms with van der Waals surface area (Å²) in [5, 5.41) is 2.68. The number of nitrogens with zero attached hydrogens (tertiary/aromatic N) is 1. The van der Waals surface area contributed by atoms with Crippen LogP contribution in [-0.2, 0) is 16.9 Å². The summed E-state index contributed by atoms with van der Waals surface area (Å²) in [5.41, 5.74) is -0.187. The number of hydrogen-bond donors (Lipinski definition) is 1. The van der Waals surface area contributed by atoms with E-state index in [0.29, 0.717) is 5.69 Å². The molecule has 1 aromatic carbocycles. The van der Waals surface area contributed by atoms with Crippen molar-refractivity contribution in [2.24, 2.45) is 7.05 Å². The number of aromatic nitrogens is 2. The van der Waals surface area contributed by atoms with E-state index < -0.39 is 15.4 Å². The Labute approximate surface area is 98.6 Å². The molecule has 0 amide bonds. The largest absolute Gasteiger partial charge is 0.299 e. The molecule has 0 atom stereocenters. The normalized spacial score (nSPS) is 11.6. The van der Waals surface area contributed by atoms with Gasteiger partial charge in [-0.1, -0.05) is 18.2 Å².